The molecule has 1 aliphatic rings. The minimum atomic E-state index is -4.72. The zero-order valence-electron chi connectivity index (χ0n) is 32.5. The lowest BCUT2D eigenvalue weighted by Gasteiger charge is -2.24. The molecule has 0 spiro atoms. The van der Waals surface area contributed by atoms with Crippen LogP contribution in [-0.4, -0.2) is 53.2 Å². The predicted molar refractivity (Wildman–Crippen MR) is 211 cm³/mol. The van der Waals surface area contributed by atoms with Gasteiger partial charge in [-0.2, -0.15) is 18.3 Å². The molecule has 0 bridgehead atoms. The molecule has 1 unspecified atom stereocenters. The number of alkyl halides is 3. The van der Waals surface area contributed by atoms with Gasteiger partial charge in [0.1, 0.15) is 18.2 Å². The topological polar surface area (TPSA) is 136 Å². The third-order valence-electron chi connectivity index (χ3n) is 9.14. The summed E-state index contributed by atoms with van der Waals surface area (Å²) in [7, 11) is -3.81. The van der Waals surface area contributed by atoms with Crippen molar-refractivity contribution in [2.75, 3.05) is 22.4 Å². The van der Waals surface area contributed by atoms with Crippen molar-refractivity contribution in [2.45, 2.75) is 90.9 Å². The number of benzene rings is 3. The maximum absolute atomic E-state index is 15.9. The second-order valence-corrected chi connectivity index (χ2v) is 17.0. The first-order valence-electron chi connectivity index (χ1n) is 18.9. The van der Waals surface area contributed by atoms with Crippen LogP contribution in [0.15, 0.2) is 66.7 Å². The molecule has 11 nitrogen and oxygen atoms in total. The highest BCUT2D eigenvalue weighted by atomic mass is 32.2. The van der Waals surface area contributed by atoms with E-state index in [1.807, 2.05) is 0 Å². The number of ether oxygens (including phenoxy) is 2. The molecule has 3 aromatic carbocycles. The fourth-order valence-electron chi connectivity index (χ4n) is 6.63. The molecule has 1 fully saturated rings. The predicted octanol–water partition coefficient (Wildman–Crippen LogP) is 9.05. The van der Waals surface area contributed by atoms with Crippen molar-refractivity contribution < 1.29 is 44.6 Å². The molecule has 3 N–H and O–H groups in total. The van der Waals surface area contributed by atoms with E-state index in [0.717, 1.165) is 37.1 Å². The Morgan fingerprint density at radius 2 is 1.76 bits per heavy atom. The second-order valence-electron chi connectivity index (χ2n) is 15.2. The highest BCUT2D eigenvalue weighted by Gasteiger charge is 2.33. The first-order valence-corrected chi connectivity index (χ1v) is 20.5. The van der Waals surface area contributed by atoms with E-state index in [-0.39, 0.29) is 69.4 Å². The Hall–Kier alpha value is -5.29. The van der Waals surface area contributed by atoms with Crippen LogP contribution in [0.3, 0.4) is 0 Å². The van der Waals surface area contributed by atoms with Crippen LogP contribution in [0.2, 0.25) is 0 Å². The number of aromatic nitrogens is 3. The van der Waals surface area contributed by atoms with Gasteiger partial charge in [-0.05, 0) is 99.5 Å². The molecule has 1 saturated heterocycles. The lowest BCUT2D eigenvalue weighted by molar-refractivity contribution is -0.127. The number of hydrogen-bond acceptors (Lipinski definition) is 8. The lowest BCUT2D eigenvalue weighted by Crippen LogP contribution is -2.41. The molecule has 1 atom stereocenters. The van der Waals surface area contributed by atoms with Crippen LogP contribution in [0.5, 0.6) is 5.75 Å². The number of nitrogens with one attached hydrogen (secondary N) is 3. The van der Waals surface area contributed by atoms with Crippen molar-refractivity contribution in [3.8, 4) is 17.0 Å². The minimum absolute atomic E-state index is 0.0667. The third kappa shape index (κ3) is 10.6. The summed E-state index contributed by atoms with van der Waals surface area (Å²) in [6.45, 7) is 7.04. The van der Waals surface area contributed by atoms with Crippen molar-refractivity contribution in [2.24, 2.45) is 0 Å². The smallest absolute Gasteiger partial charge is 0.393 e. The molecule has 0 radical (unpaired) electrons. The Kier molecular flexibility index (Phi) is 12.6. The van der Waals surface area contributed by atoms with Crippen LogP contribution in [0.4, 0.5) is 33.5 Å². The minimum Gasteiger partial charge on any atom is -0.486 e. The average Bonchev–Trinajstić information content (AvgIpc) is 3.54. The van der Waals surface area contributed by atoms with E-state index in [1.54, 1.807) is 58.0 Å². The van der Waals surface area contributed by atoms with Gasteiger partial charge in [-0.25, -0.2) is 26.9 Å². The molecule has 5 aromatic rings. The fraction of sp³-hybridized carbons (Fsp3) is 0.390. The summed E-state index contributed by atoms with van der Waals surface area (Å²) < 4.78 is 114. The fourth-order valence-corrected chi connectivity index (χ4v) is 7.81. The van der Waals surface area contributed by atoms with Crippen molar-refractivity contribution >= 4 is 38.3 Å². The summed E-state index contributed by atoms with van der Waals surface area (Å²) in [5.41, 5.74) is -0.294. The van der Waals surface area contributed by atoms with Gasteiger partial charge in [-0.15, -0.1) is 0 Å². The number of carbonyl (C=O) groups is 1. The molecule has 310 valence electrons. The van der Waals surface area contributed by atoms with E-state index in [2.05, 4.69) is 20.5 Å². The van der Waals surface area contributed by atoms with Gasteiger partial charge >= 0.3 is 6.18 Å². The Morgan fingerprint density at radius 1 is 1.00 bits per heavy atom. The van der Waals surface area contributed by atoms with Gasteiger partial charge in [0.2, 0.25) is 10.0 Å². The van der Waals surface area contributed by atoms with Gasteiger partial charge in [0.15, 0.2) is 23.5 Å². The van der Waals surface area contributed by atoms with Crippen molar-refractivity contribution in [3.63, 3.8) is 0 Å². The summed E-state index contributed by atoms with van der Waals surface area (Å²) >= 11 is 0. The van der Waals surface area contributed by atoms with Crippen LogP contribution < -0.4 is 20.1 Å². The Labute approximate surface area is 333 Å². The molecule has 1 amide bonds. The van der Waals surface area contributed by atoms with E-state index in [9.17, 15) is 30.8 Å². The maximum Gasteiger partial charge on any atom is 0.393 e. The van der Waals surface area contributed by atoms with Gasteiger partial charge in [-0.3, -0.25) is 9.52 Å². The monoisotopic (exact) mass is 828 g/mol. The number of amides is 1. The van der Waals surface area contributed by atoms with Crippen LogP contribution in [0.25, 0.3) is 22.2 Å². The summed E-state index contributed by atoms with van der Waals surface area (Å²) in [5, 5.41) is 10.8. The number of hydrogen-bond donors (Lipinski definition) is 3. The number of pyridine rings is 1. The largest absolute Gasteiger partial charge is 0.486 e. The Balaban J connectivity index is 1.54. The molecule has 58 heavy (non-hydrogen) atoms. The molecular weight excluding hydrogens is 784 g/mol. The van der Waals surface area contributed by atoms with Gasteiger partial charge in [0.05, 0.1) is 34.5 Å². The van der Waals surface area contributed by atoms with Gasteiger partial charge < -0.3 is 20.1 Å². The molecule has 3 heterocycles. The van der Waals surface area contributed by atoms with Gasteiger partial charge in [0, 0.05) is 24.3 Å². The first kappa shape index (κ1) is 42.3. The van der Waals surface area contributed by atoms with Crippen LogP contribution in [0, 0.1) is 11.6 Å². The van der Waals surface area contributed by atoms with Crippen LogP contribution >= 0.6 is 0 Å². The Bertz CT molecular complexity index is 2380. The van der Waals surface area contributed by atoms with Gasteiger partial charge in [-0.1, -0.05) is 37.3 Å². The lowest BCUT2D eigenvalue weighted by atomic mass is 9.99. The molecule has 17 heteroatoms. The number of nitrogens with zero attached hydrogens (tertiary/aromatic N) is 3. The van der Waals surface area contributed by atoms with Crippen LogP contribution in [0.1, 0.15) is 86.8 Å². The van der Waals surface area contributed by atoms with E-state index >= 15 is 4.39 Å². The third-order valence-corrected chi connectivity index (χ3v) is 10.6. The van der Waals surface area contributed by atoms with Gasteiger partial charge in [0.25, 0.3) is 5.91 Å². The molecule has 6 rings (SSSR count). The zero-order valence-corrected chi connectivity index (χ0v) is 33.3. The maximum atomic E-state index is 15.9. The Morgan fingerprint density at radius 3 is 2.43 bits per heavy atom. The number of carbonyl (C=O) groups excluding carboxylic acids is 1. The quantitative estimate of drug-likeness (QED) is 0.0944. The van der Waals surface area contributed by atoms with E-state index < -0.39 is 57.7 Å². The normalized spacial score (nSPS) is 15.0. The van der Waals surface area contributed by atoms with E-state index in [0.29, 0.717) is 25.0 Å². The number of anilines is 2. The molecule has 0 aliphatic carbocycles. The summed E-state index contributed by atoms with van der Waals surface area (Å²) in [4.78, 5) is 18.6. The number of fused-ring (bicyclic) bond motifs is 1. The summed E-state index contributed by atoms with van der Waals surface area (Å²) in [6.07, 6.45) is -4.47. The average molecular weight is 829 g/mol. The molecule has 1 aliphatic heterocycles. The number of halogens is 5. The highest BCUT2D eigenvalue weighted by molar-refractivity contribution is 7.92. The van der Waals surface area contributed by atoms with Crippen molar-refractivity contribution in [1.82, 2.24) is 20.1 Å². The van der Waals surface area contributed by atoms with Crippen molar-refractivity contribution in [3.05, 3.63) is 101 Å². The second kappa shape index (κ2) is 17.3. The summed E-state index contributed by atoms with van der Waals surface area (Å²) in [5.74, 6) is -2.85. The van der Waals surface area contributed by atoms with E-state index in [1.165, 1.54) is 16.8 Å². The van der Waals surface area contributed by atoms with Crippen LogP contribution in [-0.2, 0) is 34.3 Å². The standard InChI is InChI=1S/C41H45F5N6O5S/c1-5-17-58(54,55)51-31-15-14-28(42)18-27(31)23-47-38-36-33(52(35-13-9-10-16-56-35)50-37(36)39(53)49-40(2,3)4)21-32(48-38)29-20-30(43)34(19-26(29)22-41(44,45)46)57-24-25-11-7-6-8-12-25/h6-8,11-12,14-15,18-21,35,51H,5,9-10,13,16-17,22-24H2,1-4H3,(H,47,48)(H,49,53). The highest BCUT2D eigenvalue weighted by Crippen LogP contribution is 2.39. The van der Waals surface area contributed by atoms with Crippen molar-refractivity contribution in [1.29, 1.82) is 0 Å². The van der Waals surface area contributed by atoms with E-state index in [4.69, 9.17) is 14.5 Å². The summed E-state index contributed by atoms with van der Waals surface area (Å²) in [6, 6.07) is 15.6. The zero-order chi connectivity index (χ0) is 41.8. The molecule has 0 saturated carbocycles. The first-order chi connectivity index (χ1) is 27.4. The number of rotatable bonds is 14. The molecule has 2 aromatic heterocycles. The SMILES string of the molecule is CCCS(=O)(=O)Nc1ccc(F)cc1CNc1nc(-c2cc(F)c(OCc3ccccc3)cc2CC(F)(F)F)cc2c1c(C(=O)NC(C)(C)C)nn2C1CCCCO1. The molecular formula is C41H45F5N6O5S. The number of sulfonamides is 1.